The molecule has 0 aliphatic heterocycles. The summed E-state index contributed by atoms with van der Waals surface area (Å²) >= 11 is 0. The summed E-state index contributed by atoms with van der Waals surface area (Å²) in [6, 6.07) is 9.19. The molecule has 10 heteroatoms. The fraction of sp³-hybridized carbons (Fsp3) is 0.639. The van der Waals surface area contributed by atoms with E-state index >= 15 is 0 Å². The summed E-state index contributed by atoms with van der Waals surface area (Å²) in [7, 11) is 6.11. The third-order valence-corrected chi connectivity index (χ3v) is 8.60. The zero-order valence-electron chi connectivity index (χ0n) is 29.5. The topological polar surface area (TPSA) is 85.8 Å². The fourth-order valence-corrected chi connectivity index (χ4v) is 5.83. The van der Waals surface area contributed by atoms with E-state index in [1.807, 2.05) is 39.7 Å². The number of aryl methyl sites for hydroxylation is 1. The van der Waals surface area contributed by atoms with Crippen molar-refractivity contribution < 1.29 is 9.53 Å². The number of benzene rings is 1. The maximum absolute atomic E-state index is 12.7. The number of H-pyrrole nitrogens is 1. The van der Waals surface area contributed by atoms with Crippen molar-refractivity contribution in [3.05, 3.63) is 71.8 Å². The van der Waals surface area contributed by atoms with Gasteiger partial charge in [-0.2, -0.15) is 0 Å². The van der Waals surface area contributed by atoms with Crippen LogP contribution in [0.4, 0.5) is 0 Å². The van der Waals surface area contributed by atoms with Crippen LogP contribution in [-0.2, 0) is 42.8 Å². The van der Waals surface area contributed by atoms with Crippen molar-refractivity contribution in [3.63, 3.8) is 0 Å². The summed E-state index contributed by atoms with van der Waals surface area (Å²) in [4.78, 5) is 34.4. The normalized spacial score (nSPS) is 12.6. The molecular formula is C36H60N8O2. The Balaban J connectivity index is 1.60. The second kappa shape index (κ2) is 20.9. The number of likely N-dealkylation sites (N-methyl/N-ethyl adjacent to an activating group) is 1. The van der Waals surface area contributed by atoms with E-state index in [0.717, 1.165) is 57.2 Å². The third-order valence-electron chi connectivity index (χ3n) is 8.60. The van der Waals surface area contributed by atoms with Crippen LogP contribution in [0.25, 0.3) is 0 Å². The van der Waals surface area contributed by atoms with Gasteiger partial charge in [-0.05, 0) is 83.5 Å². The summed E-state index contributed by atoms with van der Waals surface area (Å²) < 4.78 is 7.74. The van der Waals surface area contributed by atoms with Gasteiger partial charge in [-0.15, -0.1) is 0 Å². The van der Waals surface area contributed by atoms with E-state index in [0.29, 0.717) is 26.1 Å². The molecule has 1 aromatic carbocycles. The van der Waals surface area contributed by atoms with Gasteiger partial charge in [-0.25, -0.2) is 9.97 Å². The van der Waals surface area contributed by atoms with Gasteiger partial charge >= 0.3 is 5.97 Å². The zero-order chi connectivity index (χ0) is 33.1. The first-order valence-corrected chi connectivity index (χ1v) is 17.3. The summed E-state index contributed by atoms with van der Waals surface area (Å²) in [5.74, 6) is 1.86. The largest absolute Gasteiger partial charge is 0.464 e. The monoisotopic (exact) mass is 636 g/mol. The lowest BCUT2D eigenvalue weighted by Gasteiger charge is -2.25. The molecule has 10 nitrogen and oxygen atoms in total. The summed E-state index contributed by atoms with van der Waals surface area (Å²) in [6.45, 7) is 15.3. The highest BCUT2D eigenvalue weighted by Crippen LogP contribution is 2.15. The minimum atomic E-state index is -0.109. The number of carbonyl (C=O) groups is 1. The number of carbonyl (C=O) groups excluding carboxylic acids is 1. The molecule has 0 fully saturated rings. The van der Waals surface area contributed by atoms with Crippen molar-refractivity contribution in [2.75, 3.05) is 53.4 Å². The molecule has 46 heavy (non-hydrogen) atoms. The lowest BCUT2D eigenvalue weighted by atomic mass is 10.1. The van der Waals surface area contributed by atoms with E-state index in [4.69, 9.17) is 4.74 Å². The standard InChI is InChI=1S/C36H60N8O2/c1-7-20-42(21-8-2)22-10-11-23-43(24-16-36(45)46-30-33(9-3)40(4)5)26-31-12-14-32(15-13-31)27-44(28-34-37-17-18-38-34)29-35-39-19-25-41(35)6/h12-15,17-19,25,33H,7-11,16,20-24,26-30H2,1-6H3,(H,37,38). The van der Waals surface area contributed by atoms with Gasteiger partial charge in [0, 0.05) is 57.5 Å². The Kier molecular flexibility index (Phi) is 17.0. The molecule has 256 valence electrons. The molecule has 3 rings (SSSR count). The minimum absolute atomic E-state index is 0.109. The molecule has 1 unspecified atom stereocenters. The highest BCUT2D eigenvalue weighted by atomic mass is 16.5. The first kappa shape index (κ1) is 37.4. The van der Waals surface area contributed by atoms with Gasteiger partial charge in [0.25, 0.3) is 0 Å². The van der Waals surface area contributed by atoms with Crippen molar-refractivity contribution in [3.8, 4) is 0 Å². The van der Waals surface area contributed by atoms with E-state index < -0.39 is 0 Å². The highest BCUT2D eigenvalue weighted by molar-refractivity contribution is 5.69. The van der Waals surface area contributed by atoms with E-state index in [1.54, 1.807) is 6.20 Å². The van der Waals surface area contributed by atoms with Gasteiger partial charge < -0.3 is 24.1 Å². The Morgan fingerprint density at radius 3 is 2.02 bits per heavy atom. The van der Waals surface area contributed by atoms with E-state index in [1.165, 1.54) is 43.5 Å². The number of ether oxygens (including phenoxy) is 1. The summed E-state index contributed by atoms with van der Waals surface area (Å²) in [5, 5.41) is 0. The number of aromatic amines is 1. The number of esters is 1. The molecular weight excluding hydrogens is 576 g/mol. The molecule has 2 heterocycles. The third kappa shape index (κ3) is 13.7. The van der Waals surface area contributed by atoms with Gasteiger partial charge in [0.05, 0.1) is 19.5 Å². The van der Waals surface area contributed by atoms with Crippen LogP contribution < -0.4 is 0 Å². The molecule has 0 saturated carbocycles. The van der Waals surface area contributed by atoms with Crippen LogP contribution in [-0.4, -0.2) is 105 Å². The Hall–Kier alpha value is -3.05. The van der Waals surface area contributed by atoms with Gasteiger partial charge in [0.15, 0.2) is 0 Å². The van der Waals surface area contributed by atoms with Gasteiger partial charge in [-0.1, -0.05) is 45.0 Å². The van der Waals surface area contributed by atoms with Crippen LogP contribution in [0.2, 0.25) is 0 Å². The lowest BCUT2D eigenvalue weighted by Crippen LogP contribution is -2.33. The predicted molar refractivity (Wildman–Crippen MR) is 186 cm³/mol. The maximum atomic E-state index is 12.7. The van der Waals surface area contributed by atoms with Crippen LogP contribution in [0.1, 0.15) is 82.1 Å². The smallest absolute Gasteiger partial charge is 0.307 e. The van der Waals surface area contributed by atoms with E-state index in [9.17, 15) is 4.79 Å². The number of aromatic nitrogens is 4. The number of hydrogen-bond acceptors (Lipinski definition) is 8. The van der Waals surface area contributed by atoms with E-state index in [2.05, 4.69) is 84.2 Å². The number of unbranched alkanes of at least 4 members (excludes halogenated alkanes) is 1. The van der Waals surface area contributed by atoms with Gasteiger partial charge in [-0.3, -0.25) is 14.6 Å². The molecule has 0 amide bonds. The quantitative estimate of drug-likeness (QED) is 0.104. The summed E-state index contributed by atoms with van der Waals surface area (Å²) in [6.07, 6.45) is 13.5. The second-order valence-electron chi connectivity index (χ2n) is 12.7. The second-order valence-corrected chi connectivity index (χ2v) is 12.7. The van der Waals surface area contributed by atoms with Crippen molar-refractivity contribution in [1.82, 2.24) is 39.1 Å². The molecule has 2 aromatic heterocycles. The minimum Gasteiger partial charge on any atom is -0.464 e. The Labute approximate surface area is 278 Å². The molecule has 0 saturated heterocycles. The van der Waals surface area contributed by atoms with Crippen molar-refractivity contribution in [2.24, 2.45) is 7.05 Å². The Morgan fingerprint density at radius 2 is 1.48 bits per heavy atom. The molecule has 3 aromatic rings. The zero-order valence-corrected chi connectivity index (χ0v) is 29.5. The van der Waals surface area contributed by atoms with Crippen molar-refractivity contribution >= 4 is 5.97 Å². The van der Waals surface area contributed by atoms with Crippen LogP contribution in [0.3, 0.4) is 0 Å². The number of nitrogens with one attached hydrogen (secondary N) is 1. The first-order chi connectivity index (χ1) is 22.3. The maximum Gasteiger partial charge on any atom is 0.307 e. The predicted octanol–water partition coefficient (Wildman–Crippen LogP) is 5.32. The van der Waals surface area contributed by atoms with Crippen LogP contribution in [0.5, 0.6) is 0 Å². The van der Waals surface area contributed by atoms with Gasteiger partial charge in [0.1, 0.15) is 18.3 Å². The van der Waals surface area contributed by atoms with Crippen LogP contribution in [0, 0.1) is 0 Å². The molecule has 0 spiro atoms. The molecule has 0 aliphatic carbocycles. The van der Waals surface area contributed by atoms with Crippen molar-refractivity contribution in [1.29, 1.82) is 0 Å². The average molecular weight is 637 g/mol. The Bertz CT molecular complexity index is 1210. The highest BCUT2D eigenvalue weighted by Gasteiger charge is 2.16. The molecule has 1 N–H and O–H groups in total. The number of hydrogen-bond donors (Lipinski definition) is 1. The summed E-state index contributed by atoms with van der Waals surface area (Å²) in [5.41, 5.74) is 2.51. The van der Waals surface area contributed by atoms with Crippen LogP contribution in [0.15, 0.2) is 49.1 Å². The van der Waals surface area contributed by atoms with Crippen LogP contribution >= 0.6 is 0 Å². The number of rotatable bonds is 24. The molecule has 0 radical (unpaired) electrons. The number of nitrogens with zero attached hydrogens (tertiary/aromatic N) is 7. The Morgan fingerprint density at radius 1 is 0.826 bits per heavy atom. The van der Waals surface area contributed by atoms with Gasteiger partial charge in [0.2, 0.25) is 0 Å². The first-order valence-electron chi connectivity index (χ1n) is 17.3. The van der Waals surface area contributed by atoms with Crippen molar-refractivity contribution in [2.45, 2.75) is 91.5 Å². The average Bonchev–Trinajstić information content (AvgIpc) is 3.70. The lowest BCUT2D eigenvalue weighted by molar-refractivity contribution is -0.145. The fourth-order valence-electron chi connectivity index (χ4n) is 5.83. The van der Waals surface area contributed by atoms with E-state index in [-0.39, 0.29) is 12.0 Å². The molecule has 1 atom stereocenters. The molecule has 0 aliphatic rings. The molecule has 0 bridgehead atoms. The SMILES string of the molecule is CCCN(CCC)CCCCN(CCC(=O)OCC(CC)N(C)C)Cc1ccc(CN(Cc2ncc[nH]2)Cc2nccn2C)cc1. The number of imidazole rings is 2.